The minimum Gasteiger partial charge on any atom is -0.376 e. The molecular weight excluding hydrogens is 316 g/mol. The molecule has 0 bridgehead atoms. The van der Waals surface area contributed by atoms with Crippen LogP contribution in [0.3, 0.4) is 0 Å². The van der Waals surface area contributed by atoms with Gasteiger partial charge in [-0.25, -0.2) is 0 Å². The zero-order valence-corrected chi connectivity index (χ0v) is 12.5. The lowest BCUT2D eigenvalue weighted by atomic mass is 10.2. The molecule has 0 saturated carbocycles. The molecule has 7 heteroatoms. The Morgan fingerprint density at radius 1 is 1.61 bits per heavy atom. The Labute approximate surface area is 120 Å². The summed E-state index contributed by atoms with van der Waals surface area (Å²) >= 11 is 8.55. The number of ether oxygens (including phenoxy) is 1. The molecule has 0 spiro atoms. The first kappa shape index (κ1) is 13.8. The molecule has 1 aromatic rings. The maximum absolute atomic E-state index is 5.51. The third-order valence-corrected chi connectivity index (χ3v) is 3.44. The molecule has 18 heavy (non-hydrogen) atoms. The number of nitrogens with zero attached hydrogens (tertiary/aromatic N) is 2. The average Bonchev–Trinajstić information content (AvgIpc) is 2.98. The van der Waals surface area contributed by atoms with Gasteiger partial charge in [0, 0.05) is 25.9 Å². The number of halogens is 1. The molecule has 1 unspecified atom stereocenters. The summed E-state index contributed by atoms with van der Waals surface area (Å²) in [7, 11) is 0. The number of rotatable bonds is 5. The van der Waals surface area contributed by atoms with E-state index in [9.17, 15) is 0 Å². The van der Waals surface area contributed by atoms with Crippen molar-refractivity contribution in [1.82, 2.24) is 20.4 Å². The maximum atomic E-state index is 5.51. The highest BCUT2D eigenvalue weighted by molar-refractivity contribution is 9.10. The smallest absolute Gasteiger partial charge is 0.166 e. The average molecular weight is 333 g/mol. The SMILES string of the molecule is S=C(NCCn1cc(Br)cn1)NCC1CCCO1. The molecule has 5 nitrogen and oxygen atoms in total. The van der Waals surface area contributed by atoms with E-state index >= 15 is 0 Å². The van der Waals surface area contributed by atoms with Gasteiger partial charge in [-0.15, -0.1) is 0 Å². The van der Waals surface area contributed by atoms with Crippen LogP contribution in [0, 0.1) is 0 Å². The summed E-state index contributed by atoms with van der Waals surface area (Å²) in [6, 6.07) is 0. The largest absolute Gasteiger partial charge is 0.376 e. The molecule has 1 aromatic heterocycles. The fourth-order valence-corrected chi connectivity index (χ4v) is 2.33. The first-order valence-corrected chi connectivity index (χ1v) is 7.25. The van der Waals surface area contributed by atoms with E-state index < -0.39 is 0 Å². The highest BCUT2D eigenvalue weighted by atomic mass is 79.9. The van der Waals surface area contributed by atoms with E-state index in [1.165, 1.54) is 0 Å². The van der Waals surface area contributed by atoms with Crippen molar-refractivity contribution in [2.45, 2.75) is 25.5 Å². The van der Waals surface area contributed by atoms with Gasteiger partial charge in [-0.05, 0) is 41.0 Å². The third-order valence-electron chi connectivity index (χ3n) is 2.74. The maximum Gasteiger partial charge on any atom is 0.166 e. The van der Waals surface area contributed by atoms with Crippen molar-refractivity contribution in [3.63, 3.8) is 0 Å². The molecule has 1 aliphatic rings. The van der Waals surface area contributed by atoms with Crippen molar-refractivity contribution in [3.8, 4) is 0 Å². The molecule has 2 rings (SSSR count). The van der Waals surface area contributed by atoms with Crippen LogP contribution in [0.2, 0.25) is 0 Å². The van der Waals surface area contributed by atoms with Crippen LogP contribution in [0.1, 0.15) is 12.8 Å². The van der Waals surface area contributed by atoms with Crippen LogP contribution in [-0.2, 0) is 11.3 Å². The number of hydrogen-bond acceptors (Lipinski definition) is 3. The van der Waals surface area contributed by atoms with Crippen molar-refractivity contribution < 1.29 is 4.74 Å². The Balaban J connectivity index is 1.57. The Morgan fingerprint density at radius 3 is 3.17 bits per heavy atom. The second-order valence-electron chi connectivity index (χ2n) is 4.19. The lowest BCUT2D eigenvalue weighted by Gasteiger charge is -2.13. The predicted molar refractivity (Wildman–Crippen MR) is 77.5 cm³/mol. The molecule has 0 aromatic carbocycles. The molecule has 1 fully saturated rings. The third kappa shape index (κ3) is 4.55. The van der Waals surface area contributed by atoms with Crippen molar-refractivity contribution in [2.24, 2.45) is 0 Å². The zero-order valence-electron chi connectivity index (χ0n) is 10.1. The molecule has 1 saturated heterocycles. The van der Waals surface area contributed by atoms with Crippen LogP contribution in [0.5, 0.6) is 0 Å². The molecule has 2 N–H and O–H groups in total. The Hall–Kier alpha value is -0.660. The molecule has 100 valence electrons. The topological polar surface area (TPSA) is 51.1 Å². The van der Waals surface area contributed by atoms with E-state index in [0.29, 0.717) is 11.2 Å². The molecule has 0 radical (unpaired) electrons. The fourth-order valence-electron chi connectivity index (χ4n) is 1.82. The highest BCUT2D eigenvalue weighted by Crippen LogP contribution is 2.10. The summed E-state index contributed by atoms with van der Waals surface area (Å²) in [5, 5.41) is 11.2. The summed E-state index contributed by atoms with van der Waals surface area (Å²) in [5.74, 6) is 0. The molecule has 2 heterocycles. The van der Waals surface area contributed by atoms with E-state index in [2.05, 4.69) is 31.7 Å². The van der Waals surface area contributed by atoms with E-state index in [1.807, 2.05) is 10.9 Å². The molecule has 0 aliphatic carbocycles. The summed E-state index contributed by atoms with van der Waals surface area (Å²) in [6.45, 7) is 3.21. The van der Waals surface area contributed by atoms with Gasteiger partial charge in [-0.1, -0.05) is 0 Å². The molecule has 1 aliphatic heterocycles. The van der Waals surface area contributed by atoms with Crippen LogP contribution >= 0.6 is 28.1 Å². The van der Waals surface area contributed by atoms with Gasteiger partial charge in [0.1, 0.15) is 0 Å². The van der Waals surface area contributed by atoms with Gasteiger partial charge in [-0.3, -0.25) is 4.68 Å². The van der Waals surface area contributed by atoms with Crippen LogP contribution in [0.4, 0.5) is 0 Å². The van der Waals surface area contributed by atoms with Crippen LogP contribution in [0.25, 0.3) is 0 Å². The van der Waals surface area contributed by atoms with Gasteiger partial charge >= 0.3 is 0 Å². The number of thiocarbonyl (C=S) groups is 1. The summed E-state index contributed by atoms with van der Waals surface area (Å²) in [5.41, 5.74) is 0. The molecule has 1 atom stereocenters. The van der Waals surface area contributed by atoms with E-state index in [0.717, 1.165) is 43.6 Å². The Morgan fingerprint density at radius 2 is 2.50 bits per heavy atom. The van der Waals surface area contributed by atoms with Crippen LogP contribution in [0.15, 0.2) is 16.9 Å². The van der Waals surface area contributed by atoms with Gasteiger partial charge in [-0.2, -0.15) is 5.10 Å². The standard InChI is InChI=1S/C11H17BrN4OS/c12-9-6-15-16(8-9)4-3-13-11(18)14-7-10-2-1-5-17-10/h6,8,10H,1-5,7H2,(H2,13,14,18). The fraction of sp³-hybridized carbons (Fsp3) is 0.636. The monoisotopic (exact) mass is 332 g/mol. The second kappa shape index (κ2) is 7.06. The van der Waals surface area contributed by atoms with E-state index in [4.69, 9.17) is 17.0 Å². The number of nitrogens with one attached hydrogen (secondary N) is 2. The Bertz CT molecular complexity index is 392. The van der Waals surface area contributed by atoms with Crippen molar-refractivity contribution >= 4 is 33.3 Å². The number of aromatic nitrogens is 2. The van der Waals surface area contributed by atoms with Gasteiger partial charge in [0.2, 0.25) is 0 Å². The van der Waals surface area contributed by atoms with Gasteiger partial charge in [0.25, 0.3) is 0 Å². The molecule has 0 amide bonds. The van der Waals surface area contributed by atoms with Gasteiger partial charge in [0.05, 0.1) is 23.3 Å². The van der Waals surface area contributed by atoms with Gasteiger partial charge in [0.15, 0.2) is 5.11 Å². The lowest BCUT2D eigenvalue weighted by molar-refractivity contribution is 0.114. The zero-order chi connectivity index (χ0) is 12.8. The van der Waals surface area contributed by atoms with E-state index in [-0.39, 0.29) is 0 Å². The Kier molecular flexibility index (Phi) is 5.40. The van der Waals surface area contributed by atoms with Gasteiger partial charge < -0.3 is 15.4 Å². The molecular formula is C11H17BrN4OS. The quantitative estimate of drug-likeness (QED) is 0.796. The van der Waals surface area contributed by atoms with E-state index in [1.54, 1.807) is 6.20 Å². The van der Waals surface area contributed by atoms with Crippen molar-refractivity contribution in [3.05, 3.63) is 16.9 Å². The highest BCUT2D eigenvalue weighted by Gasteiger charge is 2.14. The first-order valence-electron chi connectivity index (χ1n) is 6.05. The van der Waals surface area contributed by atoms with Crippen LogP contribution in [-0.4, -0.2) is 40.7 Å². The summed E-state index contributed by atoms with van der Waals surface area (Å²) in [6.07, 6.45) is 6.29. The minimum atomic E-state index is 0.312. The summed E-state index contributed by atoms with van der Waals surface area (Å²) < 4.78 is 8.36. The van der Waals surface area contributed by atoms with Crippen molar-refractivity contribution in [2.75, 3.05) is 19.7 Å². The minimum absolute atomic E-state index is 0.312. The lowest BCUT2D eigenvalue weighted by Crippen LogP contribution is -2.40. The van der Waals surface area contributed by atoms with Crippen LogP contribution < -0.4 is 10.6 Å². The van der Waals surface area contributed by atoms with Crippen molar-refractivity contribution in [1.29, 1.82) is 0 Å². The predicted octanol–water partition coefficient (Wildman–Crippen LogP) is 1.29. The summed E-state index contributed by atoms with van der Waals surface area (Å²) in [4.78, 5) is 0. The first-order chi connectivity index (χ1) is 8.74. The normalized spacial score (nSPS) is 18.8. The second-order valence-corrected chi connectivity index (χ2v) is 5.52. The number of hydrogen-bond donors (Lipinski definition) is 2.